The molecule has 1 aliphatic rings. The number of rotatable bonds is 2. The van der Waals surface area contributed by atoms with E-state index < -0.39 is 12.7 Å². The molecule has 0 spiro atoms. The summed E-state index contributed by atoms with van der Waals surface area (Å²) in [6, 6.07) is 12.1. The molecule has 1 unspecified atom stereocenters. The van der Waals surface area contributed by atoms with Gasteiger partial charge in [0.1, 0.15) is 7.05 Å². The Hall–Kier alpha value is -2.48. The maximum Gasteiger partial charge on any atom is 0.212 e. The summed E-state index contributed by atoms with van der Waals surface area (Å²) >= 11 is 0. The molecule has 0 amide bonds. The lowest BCUT2D eigenvalue weighted by atomic mass is 9.83. The number of aryl methyl sites for hydroxylation is 2. The maximum atomic E-state index is 8.49. The van der Waals surface area contributed by atoms with Crippen molar-refractivity contribution in [3.05, 3.63) is 71.2 Å². The average Bonchev–Trinajstić information content (AvgIpc) is 2.88. The lowest BCUT2D eigenvalue weighted by Gasteiger charge is -2.21. The number of hydrogen-bond acceptors (Lipinski definition) is 1. The summed E-state index contributed by atoms with van der Waals surface area (Å²) in [6.07, 6.45) is 3.68. The molecule has 0 saturated heterocycles. The van der Waals surface area contributed by atoms with Crippen LogP contribution in [0.25, 0.3) is 22.4 Å². The van der Waals surface area contributed by atoms with Crippen LogP contribution in [-0.2, 0) is 12.5 Å². The van der Waals surface area contributed by atoms with E-state index in [4.69, 9.17) is 5.48 Å². The lowest BCUT2D eigenvalue weighted by molar-refractivity contribution is -0.660. The van der Waals surface area contributed by atoms with Crippen molar-refractivity contribution in [1.29, 1.82) is 0 Å². The summed E-state index contributed by atoms with van der Waals surface area (Å²) in [6.45, 7) is 5.53. The second-order valence-corrected chi connectivity index (χ2v) is 7.77. The molecule has 3 aromatic rings. The van der Waals surface area contributed by atoms with Gasteiger partial charge in [-0.15, -0.1) is 0 Å². The number of fused-ring (bicyclic) bond motifs is 3. The van der Waals surface area contributed by atoms with Crippen LogP contribution in [0, 0.1) is 6.92 Å². The molecule has 26 heavy (non-hydrogen) atoms. The molecular formula is C24H27N2+. The average molecular weight is 348 g/mol. The fourth-order valence-corrected chi connectivity index (χ4v) is 4.04. The third kappa shape index (κ3) is 2.39. The number of benzene rings is 1. The molecule has 0 saturated carbocycles. The predicted octanol–water partition coefficient (Wildman–Crippen LogP) is 5.31. The molecule has 2 nitrogen and oxygen atoms in total. The quantitative estimate of drug-likeness (QED) is 0.574. The Morgan fingerprint density at radius 2 is 1.96 bits per heavy atom. The molecule has 0 N–H and O–H groups in total. The number of nitrogens with zero attached hydrogens (tertiary/aromatic N) is 2. The van der Waals surface area contributed by atoms with Gasteiger partial charge in [-0.1, -0.05) is 39.8 Å². The van der Waals surface area contributed by atoms with Crippen molar-refractivity contribution >= 4 is 0 Å². The molecule has 1 aliphatic carbocycles. The summed E-state index contributed by atoms with van der Waals surface area (Å²) in [5.41, 5.74) is 8.00. The van der Waals surface area contributed by atoms with Gasteiger partial charge in [-0.05, 0) is 47.2 Å². The Balaban J connectivity index is 1.94. The van der Waals surface area contributed by atoms with Gasteiger partial charge in [-0.3, -0.25) is 4.98 Å². The summed E-state index contributed by atoms with van der Waals surface area (Å²) in [4.78, 5) is 4.66. The molecule has 2 heterocycles. The third-order valence-electron chi connectivity index (χ3n) is 5.59. The molecule has 2 heteroatoms. The third-order valence-corrected chi connectivity index (χ3v) is 5.59. The van der Waals surface area contributed by atoms with Crippen LogP contribution >= 0.6 is 0 Å². The van der Waals surface area contributed by atoms with E-state index in [2.05, 4.69) is 44.0 Å². The highest BCUT2D eigenvalue weighted by Gasteiger charge is 2.37. The van der Waals surface area contributed by atoms with Gasteiger partial charge >= 0.3 is 0 Å². The number of hydrogen-bond donors (Lipinski definition) is 0. The fraction of sp³-hybridized carbons (Fsp3) is 0.333. The highest BCUT2D eigenvalue weighted by atomic mass is 14.9. The van der Waals surface area contributed by atoms with Crippen LogP contribution in [0.3, 0.4) is 0 Å². The van der Waals surface area contributed by atoms with Crippen molar-refractivity contribution in [1.82, 2.24) is 4.98 Å². The van der Waals surface area contributed by atoms with Crippen molar-refractivity contribution in [2.75, 3.05) is 0 Å². The normalized spacial score (nSPS) is 19.4. The van der Waals surface area contributed by atoms with Gasteiger partial charge in [0.2, 0.25) is 5.69 Å². The van der Waals surface area contributed by atoms with Gasteiger partial charge in [0.05, 0.1) is 5.69 Å². The van der Waals surface area contributed by atoms with E-state index in [-0.39, 0.29) is 5.41 Å². The predicted molar refractivity (Wildman–Crippen MR) is 107 cm³/mol. The SMILES string of the molecule is [2H]C([2H])([2H])C([2H])(C)c1cc[n+](C)c(-c2cc3c(cc2C)C(C)(C)c2ncccc2-3)c1. The van der Waals surface area contributed by atoms with Crippen molar-refractivity contribution in [3.63, 3.8) is 0 Å². The summed E-state index contributed by atoms with van der Waals surface area (Å²) < 4.78 is 33.9. The number of pyridine rings is 2. The van der Waals surface area contributed by atoms with Gasteiger partial charge in [-0.2, -0.15) is 0 Å². The molecule has 0 aliphatic heterocycles. The minimum Gasteiger partial charge on any atom is -0.260 e. The largest absolute Gasteiger partial charge is 0.260 e. The van der Waals surface area contributed by atoms with Crippen LogP contribution in [0.1, 0.15) is 61.4 Å². The van der Waals surface area contributed by atoms with E-state index in [1.165, 1.54) is 18.1 Å². The Morgan fingerprint density at radius 1 is 1.15 bits per heavy atom. The Kier molecular flexibility index (Phi) is 2.84. The van der Waals surface area contributed by atoms with E-state index in [0.29, 0.717) is 5.56 Å². The fourth-order valence-electron chi connectivity index (χ4n) is 4.04. The van der Waals surface area contributed by atoms with Crippen LogP contribution < -0.4 is 4.57 Å². The first kappa shape index (κ1) is 12.8. The first-order valence-corrected chi connectivity index (χ1v) is 8.97. The highest BCUT2D eigenvalue weighted by Crippen LogP contribution is 2.49. The van der Waals surface area contributed by atoms with Crippen LogP contribution in [0.2, 0.25) is 0 Å². The van der Waals surface area contributed by atoms with Crippen molar-refractivity contribution in [2.45, 2.75) is 45.9 Å². The summed E-state index contributed by atoms with van der Waals surface area (Å²) in [5, 5.41) is 0. The van der Waals surface area contributed by atoms with Gasteiger partial charge in [0.15, 0.2) is 6.20 Å². The number of aromatic nitrogens is 2. The molecule has 132 valence electrons. The van der Waals surface area contributed by atoms with Gasteiger partial charge < -0.3 is 0 Å². The Morgan fingerprint density at radius 3 is 2.73 bits per heavy atom. The Labute approximate surface area is 162 Å². The summed E-state index contributed by atoms with van der Waals surface area (Å²) in [5.74, 6) is -1.68. The highest BCUT2D eigenvalue weighted by molar-refractivity contribution is 5.83. The standard InChI is InChI=1S/C24H27N2/c1-15(2)17-9-11-26(6)22(13-17)19-14-20-18-8-7-10-25-23(18)24(4,5)21(20)12-16(19)3/h7-15H,1-6H3/q+1/i1D3,15D. The van der Waals surface area contributed by atoms with Gasteiger partial charge in [0, 0.05) is 40.4 Å². The first-order valence-electron chi connectivity index (χ1n) is 11.0. The zero-order chi connectivity index (χ0) is 22.1. The van der Waals surface area contributed by atoms with Crippen molar-refractivity contribution < 1.29 is 10.1 Å². The zero-order valence-corrected chi connectivity index (χ0v) is 16.0. The molecule has 2 aromatic heterocycles. The zero-order valence-electron chi connectivity index (χ0n) is 20.0. The minimum atomic E-state index is -2.41. The second kappa shape index (κ2) is 5.77. The van der Waals surface area contributed by atoms with Crippen LogP contribution in [0.4, 0.5) is 0 Å². The monoisotopic (exact) mass is 347 g/mol. The van der Waals surface area contributed by atoms with E-state index in [0.717, 1.165) is 28.1 Å². The van der Waals surface area contributed by atoms with Gasteiger partial charge in [-0.25, -0.2) is 4.57 Å². The van der Waals surface area contributed by atoms with Gasteiger partial charge in [0.25, 0.3) is 0 Å². The smallest absolute Gasteiger partial charge is 0.212 e. The van der Waals surface area contributed by atoms with Crippen LogP contribution in [0.15, 0.2) is 48.8 Å². The molecular weight excluding hydrogens is 316 g/mol. The van der Waals surface area contributed by atoms with E-state index in [1.54, 1.807) is 6.07 Å². The van der Waals surface area contributed by atoms with E-state index in [9.17, 15) is 0 Å². The van der Waals surface area contributed by atoms with Crippen LogP contribution in [0.5, 0.6) is 0 Å². The van der Waals surface area contributed by atoms with Crippen molar-refractivity contribution in [2.24, 2.45) is 7.05 Å². The van der Waals surface area contributed by atoms with E-state index >= 15 is 0 Å². The summed E-state index contributed by atoms with van der Waals surface area (Å²) in [7, 11) is 1.95. The minimum absolute atomic E-state index is 0.166. The van der Waals surface area contributed by atoms with Crippen LogP contribution in [-0.4, -0.2) is 4.98 Å². The Bertz CT molecular complexity index is 1160. The molecule has 0 bridgehead atoms. The molecule has 4 rings (SSSR count). The first-order chi connectivity index (χ1) is 13.9. The molecule has 1 atom stereocenters. The second-order valence-electron chi connectivity index (χ2n) is 7.77. The maximum absolute atomic E-state index is 8.49. The lowest BCUT2D eigenvalue weighted by Crippen LogP contribution is -2.31. The van der Waals surface area contributed by atoms with E-state index in [1.807, 2.05) is 36.1 Å². The molecule has 0 fully saturated rings. The molecule has 1 aromatic carbocycles. The van der Waals surface area contributed by atoms with Crippen molar-refractivity contribution in [3.8, 4) is 22.4 Å². The topological polar surface area (TPSA) is 16.8 Å². The molecule has 0 radical (unpaired) electrons.